The van der Waals surface area contributed by atoms with E-state index in [2.05, 4.69) is 192 Å². The Morgan fingerprint density at radius 2 is 1.35 bits per heavy atom. The molecule has 9 aromatic rings. The number of nitrogens with zero attached hydrogens (tertiary/aromatic N) is 2. The van der Waals surface area contributed by atoms with Crippen LogP contribution in [0.1, 0.15) is 22.9 Å². The first kappa shape index (κ1) is 31.2. The van der Waals surface area contributed by atoms with Gasteiger partial charge in [-0.3, -0.25) is 4.99 Å². The molecule has 0 radical (unpaired) electrons. The maximum Gasteiger partial charge on any atom is 0.146 e. The van der Waals surface area contributed by atoms with E-state index in [0.717, 1.165) is 72.3 Å². The maximum atomic E-state index is 6.69. The zero-order valence-corrected chi connectivity index (χ0v) is 29.8. The molecule has 0 saturated carbocycles. The summed E-state index contributed by atoms with van der Waals surface area (Å²) in [6, 6.07) is 57.7. The average molecular weight is 704 g/mol. The molecule has 3 heterocycles. The van der Waals surface area contributed by atoms with Crippen molar-refractivity contribution in [1.29, 1.82) is 0 Å². The quantitative estimate of drug-likeness (QED) is 0.181. The molecule has 1 unspecified atom stereocenters. The molecule has 258 valence electrons. The summed E-state index contributed by atoms with van der Waals surface area (Å²) in [5.74, 6) is 0. The molecule has 2 aliphatic rings. The van der Waals surface area contributed by atoms with E-state index in [1.54, 1.807) is 0 Å². The largest absolute Gasteiger partial charge is 0.456 e. The molecule has 11 rings (SSSR count). The number of nitrogens with one attached hydrogen (secondary N) is 1. The molecule has 1 aliphatic carbocycles. The van der Waals surface area contributed by atoms with E-state index in [9.17, 15) is 0 Å². The predicted octanol–water partition coefficient (Wildman–Crippen LogP) is 13.0. The normalized spacial score (nSPS) is 15.1. The van der Waals surface area contributed by atoms with Gasteiger partial charge >= 0.3 is 0 Å². The molecule has 1 aliphatic heterocycles. The third-order valence-corrected chi connectivity index (χ3v) is 10.9. The molecule has 1 atom stereocenters. The lowest BCUT2D eigenvalue weighted by Crippen LogP contribution is -2.20. The SMILES string of the molecule is C1=CC=C(c2ccccc2)C=CC=1C1=NC(c2cccc3oc4cc(-n5c6ccccc6c6ccc(-c7ccccc7)cc65)ccc4c23)Nc2ccccc21. The molecular formula is C51H33N3O. The van der Waals surface area contributed by atoms with Crippen LogP contribution in [-0.2, 0) is 0 Å². The molecule has 2 aromatic heterocycles. The highest BCUT2D eigenvalue weighted by Crippen LogP contribution is 2.41. The summed E-state index contributed by atoms with van der Waals surface area (Å²) in [6.45, 7) is 0. The number of fused-ring (bicyclic) bond motifs is 7. The van der Waals surface area contributed by atoms with Gasteiger partial charge in [-0.05, 0) is 76.9 Å². The summed E-state index contributed by atoms with van der Waals surface area (Å²) < 4.78 is 9.05. The molecule has 55 heavy (non-hydrogen) atoms. The predicted molar refractivity (Wildman–Crippen MR) is 228 cm³/mol. The number of para-hydroxylation sites is 2. The summed E-state index contributed by atoms with van der Waals surface area (Å²) in [5.41, 5.74) is 18.3. The minimum atomic E-state index is -0.338. The molecule has 0 bridgehead atoms. The number of hydrogen-bond donors (Lipinski definition) is 1. The van der Waals surface area contributed by atoms with Gasteiger partial charge in [-0.1, -0.05) is 127 Å². The summed E-state index contributed by atoms with van der Waals surface area (Å²) in [5, 5.41) is 8.32. The minimum Gasteiger partial charge on any atom is -0.456 e. The van der Waals surface area contributed by atoms with Gasteiger partial charge in [-0.25, -0.2) is 0 Å². The monoisotopic (exact) mass is 703 g/mol. The Labute approximate surface area is 318 Å². The fraction of sp³-hybridized carbons (Fsp3) is 0.0196. The second-order valence-corrected chi connectivity index (χ2v) is 14.1. The van der Waals surface area contributed by atoms with E-state index in [4.69, 9.17) is 9.41 Å². The Kier molecular flexibility index (Phi) is 7.16. The molecule has 4 nitrogen and oxygen atoms in total. The summed E-state index contributed by atoms with van der Waals surface area (Å²) in [4.78, 5) is 5.42. The van der Waals surface area contributed by atoms with E-state index in [1.807, 2.05) is 12.1 Å². The van der Waals surface area contributed by atoms with Crippen molar-refractivity contribution in [3.63, 3.8) is 0 Å². The van der Waals surface area contributed by atoms with Crippen LogP contribution in [0.15, 0.2) is 209 Å². The molecule has 0 saturated heterocycles. The van der Waals surface area contributed by atoms with Gasteiger partial charge < -0.3 is 14.3 Å². The Balaban J connectivity index is 1.03. The number of hydrogen-bond acceptors (Lipinski definition) is 3. The molecule has 4 heteroatoms. The second-order valence-electron chi connectivity index (χ2n) is 14.1. The van der Waals surface area contributed by atoms with E-state index >= 15 is 0 Å². The van der Waals surface area contributed by atoms with Crippen LogP contribution in [0.2, 0.25) is 0 Å². The van der Waals surface area contributed by atoms with Crippen LogP contribution >= 0.6 is 0 Å². The van der Waals surface area contributed by atoms with Crippen molar-refractivity contribution >= 4 is 60.7 Å². The molecule has 0 amide bonds. The zero-order chi connectivity index (χ0) is 36.3. The van der Waals surface area contributed by atoms with Crippen LogP contribution < -0.4 is 5.32 Å². The van der Waals surface area contributed by atoms with E-state index in [0.29, 0.717) is 0 Å². The molecule has 1 N–H and O–H groups in total. The molecule has 7 aromatic carbocycles. The zero-order valence-electron chi connectivity index (χ0n) is 29.8. The van der Waals surface area contributed by atoms with Crippen LogP contribution in [-0.4, -0.2) is 10.3 Å². The first-order valence-electron chi connectivity index (χ1n) is 18.7. The van der Waals surface area contributed by atoms with Crippen molar-refractivity contribution in [2.75, 3.05) is 5.32 Å². The van der Waals surface area contributed by atoms with Crippen LogP contribution in [0.5, 0.6) is 0 Å². The Morgan fingerprint density at radius 3 is 2.24 bits per heavy atom. The second kappa shape index (κ2) is 12.6. The maximum absolute atomic E-state index is 6.69. The fourth-order valence-corrected chi connectivity index (χ4v) is 8.29. The van der Waals surface area contributed by atoms with Crippen molar-refractivity contribution in [2.45, 2.75) is 6.17 Å². The average Bonchev–Trinajstić information content (AvgIpc) is 3.67. The highest BCUT2D eigenvalue weighted by molar-refractivity contribution is 6.19. The standard InChI is InChI=1S/C51H33N3O/c1-3-13-33(14-4-1)35-17-11-18-36(26-25-35)50-41-20-7-9-22-44(41)52-51(53-50)43-21-12-24-47-49(43)42-30-28-38(32-48(42)55-47)54-45-23-10-8-19-39(45)40-29-27-37(31-46(40)54)34-15-5-2-6-16-34/h1-17,19-32,51-52H. The fourth-order valence-electron chi connectivity index (χ4n) is 8.29. The molecule has 0 fully saturated rings. The third kappa shape index (κ3) is 5.20. The number of rotatable bonds is 5. The van der Waals surface area contributed by atoms with E-state index in [1.165, 1.54) is 27.5 Å². The van der Waals surface area contributed by atoms with Gasteiger partial charge in [0, 0.05) is 55.7 Å². The van der Waals surface area contributed by atoms with Crippen molar-refractivity contribution in [3.05, 3.63) is 216 Å². The highest BCUT2D eigenvalue weighted by atomic mass is 16.3. The number of aromatic nitrogens is 1. The first-order chi connectivity index (χ1) is 27.3. The van der Waals surface area contributed by atoms with Crippen molar-refractivity contribution in [1.82, 2.24) is 4.57 Å². The Bertz CT molecular complexity index is 3150. The number of anilines is 1. The topological polar surface area (TPSA) is 42.5 Å². The van der Waals surface area contributed by atoms with Crippen LogP contribution in [0.4, 0.5) is 5.69 Å². The Hall–Kier alpha value is -7.39. The van der Waals surface area contributed by atoms with Crippen LogP contribution in [0.3, 0.4) is 0 Å². The van der Waals surface area contributed by atoms with Crippen LogP contribution in [0.25, 0.3) is 66.1 Å². The van der Waals surface area contributed by atoms with E-state index < -0.39 is 0 Å². The summed E-state index contributed by atoms with van der Waals surface area (Å²) in [6.07, 6.45) is 8.06. The lowest BCUT2D eigenvalue weighted by Gasteiger charge is -2.26. The number of allylic oxidation sites excluding steroid dienone is 5. The van der Waals surface area contributed by atoms with Gasteiger partial charge in [0.2, 0.25) is 0 Å². The van der Waals surface area contributed by atoms with Gasteiger partial charge in [0.15, 0.2) is 0 Å². The number of aliphatic imine (C=N–C) groups is 1. The van der Waals surface area contributed by atoms with Gasteiger partial charge in [0.1, 0.15) is 17.3 Å². The van der Waals surface area contributed by atoms with Crippen LogP contribution in [0, 0.1) is 0 Å². The summed E-state index contributed by atoms with van der Waals surface area (Å²) >= 11 is 0. The van der Waals surface area contributed by atoms with Gasteiger partial charge in [0.05, 0.1) is 16.7 Å². The van der Waals surface area contributed by atoms with Gasteiger partial charge in [0.25, 0.3) is 0 Å². The summed E-state index contributed by atoms with van der Waals surface area (Å²) in [7, 11) is 0. The third-order valence-electron chi connectivity index (χ3n) is 10.9. The van der Waals surface area contributed by atoms with Crippen molar-refractivity contribution in [2.24, 2.45) is 4.99 Å². The minimum absolute atomic E-state index is 0.338. The molecule has 0 spiro atoms. The van der Waals surface area contributed by atoms with Crippen molar-refractivity contribution < 1.29 is 4.42 Å². The van der Waals surface area contributed by atoms with Gasteiger partial charge in [-0.2, -0.15) is 0 Å². The first-order valence-corrected chi connectivity index (χ1v) is 18.7. The lowest BCUT2D eigenvalue weighted by molar-refractivity contribution is 0.668. The lowest BCUT2D eigenvalue weighted by atomic mass is 9.96. The number of benzene rings is 7. The molecular weight excluding hydrogens is 671 g/mol. The number of furan rings is 1. The van der Waals surface area contributed by atoms with Gasteiger partial charge in [-0.15, -0.1) is 5.73 Å². The van der Waals surface area contributed by atoms with Crippen molar-refractivity contribution in [3.8, 4) is 16.8 Å². The van der Waals surface area contributed by atoms with E-state index in [-0.39, 0.29) is 6.17 Å². The smallest absolute Gasteiger partial charge is 0.146 e. The Morgan fingerprint density at radius 1 is 0.582 bits per heavy atom. The highest BCUT2D eigenvalue weighted by Gasteiger charge is 2.26.